The van der Waals surface area contributed by atoms with Gasteiger partial charge in [-0.25, -0.2) is 8.42 Å². The number of hydrogen-bond donors (Lipinski definition) is 1. The summed E-state index contributed by atoms with van der Waals surface area (Å²) >= 11 is 12.3. The van der Waals surface area contributed by atoms with Crippen molar-refractivity contribution in [2.45, 2.75) is 57.6 Å². The fourth-order valence-electron chi connectivity index (χ4n) is 4.07. The number of carbonyl (C=O) groups is 2. The molecule has 0 spiro atoms. The minimum atomic E-state index is -4.22. The highest BCUT2D eigenvalue weighted by molar-refractivity contribution is 7.92. The van der Waals surface area contributed by atoms with Gasteiger partial charge in [0.05, 0.1) is 27.2 Å². The largest absolute Gasteiger partial charge is 0.492 e. The summed E-state index contributed by atoms with van der Waals surface area (Å²) in [7, 11) is -4.22. The van der Waals surface area contributed by atoms with Crippen LogP contribution in [0.3, 0.4) is 0 Å². The zero-order chi connectivity index (χ0) is 30.4. The van der Waals surface area contributed by atoms with Crippen molar-refractivity contribution in [1.82, 2.24) is 10.2 Å². The molecule has 0 saturated heterocycles. The summed E-state index contributed by atoms with van der Waals surface area (Å²) in [6.07, 6.45) is 0. The van der Waals surface area contributed by atoms with E-state index in [-0.39, 0.29) is 23.7 Å². The molecule has 0 aliphatic heterocycles. The molecule has 3 aromatic rings. The van der Waals surface area contributed by atoms with Gasteiger partial charge in [-0.1, -0.05) is 59.6 Å². The average molecular weight is 621 g/mol. The number of ether oxygens (including phenoxy) is 1. The van der Waals surface area contributed by atoms with Crippen molar-refractivity contribution in [3.8, 4) is 5.75 Å². The molecule has 2 amide bonds. The number of nitrogens with zero attached hydrogens (tertiary/aromatic N) is 2. The third-order valence-corrected chi connectivity index (χ3v) is 8.56. The second-order valence-electron chi connectivity index (χ2n) is 10.4. The number of nitrogens with one attached hydrogen (secondary N) is 1. The number of rotatable bonds is 11. The molecule has 0 aromatic heterocycles. The monoisotopic (exact) mass is 619 g/mol. The number of hydrogen-bond acceptors (Lipinski definition) is 5. The lowest BCUT2D eigenvalue weighted by atomic mass is 10.1. The van der Waals surface area contributed by atoms with Gasteiger partial charge in [0, 0.05) is 12.1 Å². The van der Waals surface area contributed by atoms with E-state index < -0.39 is 40.0 Å². The lowest BCUT2D eigenvalue weighted by Gasteiger charge is -2.33. The van der Waals surface area contributed by atoms with Crippen LogP contribution in [-0.2, 0) is 26.2 Å². The van der Waals surface area contributed by atoms with Gasteiger partial charge in [0.2, 0.25) is 11.8 Å². The second kappa shape index (κ2) is 13.6. The lowest BCUT2D eigenvalue weighted by molar-refractivity contribution is -0.140. The minimum Gasteiger partial charge on any atom is -0.492 e. The van der Waals surface area contributed by atoms with Crippen LogP contribution in [0.2, 0.25) is 10.0 Å². The Hall–Kier alpha value is -3.27. The number of benzene rings is 3. The van der Waals surface area contributed by atoms with E-state index >= 15 is 0 Å². The van der Waals surface area contributed by atoms with E-state index in [4.69, 9.17) is 27.9 Å². The molecule has 0 bridgehead atoms. The summed E-state index contributed by atoms with van der Waals surface area (Å²) in [5, 5.41) is 3.54. The van der Waals surface area contributed by atoms with Crippen molar-refractivity contribution < 1.29 is 22.7 Å². The Balaban J connectivity index is 2.09. The third kappa shape index (κ3) is 8.38. The van der Waals surface area contributed by atoms with E-state index in [2.05, 4.69) is 5.32 Å². The van der Waals surface area contributed by atoms with Gasteiger partial charge in [-0.2, -0.15) is 0 Å². The van der Waals surface area contributed by atoms with Crippen LogP contribution < -0.4 is 14.4 Å². The van der Waals surface area contributed by atoms with Crippen LogP contribution in [0, 0.1) is 0 Å². The maximum absolute atomic E-state index is 14.1. The maximum atomic E-state index is 14.1. The van der Waals surface area contributed by atoms with Crippen molar-refractivity contribution in [2.24, 2.45) is 0 Å². The fraction of sp³-hybridized carbons (Fsp3) is 0.333. The first-order valence-corrected chi connectivity index (χ1v) is 15.3. The van der Waals surface area contributed by atoms with E-state index in [1.165, 1.54) is 17.0 Å². The number of anilines is 1. The molecule has 220 valence electrons. The van der Waals surface area contributed by atoms with Crippen LogP contribution in [-0.4, -0.2) is 49.9 Å². The van der Waals surface area contributed by atoms with Crippen molar-refractivity contribution >= 4 is 50.7 Å². The molecule has 1 N–H and O–H groups in total. The molecule has 0 aliphatic carbocycles. The van der Waals surface area contributed by atoms with E-state index in [0.717, 1.165) is 4.31 Å². The Morgan fingerprint density at radius 3 is 2.20 bits per heavy atom. The van der Waals surface area contributed by atoms with Gasteiger partial charge in [-0.3, -0.25) is 13.9 Å². The van der Waals surface area contributed by atoms with Crippen LogP contribution in [0.1, 0.15) is 40.2 Å². The molecule has 1 atom stereocenters. The van der Waals surface area contributed by atoms with Crippen molar-refractivity contribution in [2.75, 3.05) is 17.5 Å². The first-order valence-electron chi connectivity index (χ1n) is 13.1. The highest BCUT2D eigenvalue weighted by atomic mass is 35.5. The summed E-state index contributed by atoms with van der Waals surface area (Å²) in [6.45, 7) is 8.58. The van der Waals surface area contributed by atoms with Gasteiger partial charge in [0.1, 0.15) is 18.3 Å². The molecule has 0 fully saturated rings. The molecule has 0 saturated carbocycles. The molecule has 8 nitrogen and oxygen atoms in total. The van der Waals surface area contributed by atoms with Crippen LogP contribution in [0.4, 0.5) is 5.69 Å². The second-order valence-corrected chi connectivity index (χ2v) is 13.1. The Kier molecular flexibility index (Phi) is 10.7. The summed E-state index contributed by atoms with van der Waals surface area (Å²) in [6, 6.07) is 18.4. The van der Waals surface area contributed by atoms with Gasteiger partial charge in [-0.05, 0) is 76.6 Å². The number of sulfonamides is 1. The van der Waals surface area contributed by atoms with Gasteiger partial charge >= 0.3 is 0 Å². The molecular weight excluding hydrogens is 585 g/mol. The van der Waals surface area contributed by atoms with Crippen molar-refractivity contribution in [3.05, 3.63) is 88.4 Å². The van der Waals surface area contributed by atoms with E-state index in [1.807, 2.05) is 20.8 Å². The standard InChI is InChI=1S/C30H35Cl2N3O5S/c1-6-40-27-15-11-10-14-26(27)35(41(38,39)23-12-8-7-9-13-23)20-28(36)34(21(2)29(37)33-30(3,4)5)19-22-16-17-24(31)25(32)18-22/h7-18,21H,6,19-20H2,1-5H3,(H,33,37)/t21-/m0/s1. The lowest BCUT2D eigenvalue weighted by Crippen LogP contribution is -2.54. The first-order chi connectivity index (χ1) is 19.2. The summed E-state index contributed by atoms with van der Waals surface area (Å²) < 4.78 is 34.7. The first kappa shape index (κ1) is 32.2. The Labute approximate surface area is 252 Å². The van der Waals surface area contributed by atoms with Gasteiger partial charge in [0.15, 0.2) is 0 Å². The molecule has 3 rings (SSSR count). The highest BCUT2D eigenvalue weighted by Gasteiger charge is 2.34. The predicted molar refractivity (Wildman–Crippen MR) is 163 cm³/mol. The highest BCUT2D eigenvalue weighted by Crippen LogP contribution is 2.33. The zero-order valence-corrected chi connectivity index (χ0v) is 26.1. The maximum Gasteiger partial charge on any atom is 0.264 e. The topological polar surface area (TPSA) is 96.0 Å². The number of carbonyl (C=O) groups excluding carboxylic acids is 2. The number of para-hydroxylation sites is 2. The van der Waals surface area contributed by atoms with Gasteiger partial charge in [0.25, 0.3) is 10.0 Å². The Bertz CT molecular complexity index is 1480. The number of amides is 2. The molecule has 0 heterocycles. The average Bonchev–Trinajstić information content (AvgIpc) is 2.92. The third-order valence-electron chi connectivity index (χ3n) is 6.05. The van der Waals surface area contributed by atoms with Crippen LogP contribution >= 0.6 is 23.2 Å². The van der Waals surface area contributed by atoms with Crippen molar-refractivity contribution in [3.63, 3.8) is 0 Å². The molecule has 41 heavy (non-hydrogen) atoms. The van der Waals surface area contributed by atoms with Crippen LogP contribution in [0.15, 0.2) is 77.7 Å². The van der Waals surface area contributed by atoms with E-state index in [9.17, 15) is 18.0 Å². The molecule has 0 unspecified atom stereocenters. The smallest absolute Gasteiger partial charge is 0.264 e. The van der Waals surface area contributed by atoms with Gasteiger partial charge in [-0.15, -0.1) is 0 Å². The van der Waals surface area contributed by atoms with Crippen LogP contribution in [0.5, 0.6) is 5.75 Å². The summed E-state index contributed by atoms with van der Waals surface area (Å²) in [5.74, 6) is -0.687. The quantitative estimate of drug-likeness (QED) is 0.287. The van der Waals surface area contributed by atoms with Gasteiger partial charge < -0.3 is 15.0 Å². The Morgan fingerprint density at radius 1 is 0.951 bits per heavy atom. The van der Waals surface area contributed by atoms with E-state index in [0.29, 0.717) is 21.4 Å². The normalized spacial score (nSPS) is 12.4. The zero-order valence-electron chi connectivity index (χ0n) is 23.7. The minimum absolute atomic E-state index is 0.00802. The molecular formula is C30H35Cl2N3O5S. The SMILES string of the molecule is CCOc1ccccc1N(CC(=O)N(Cc1ccc(Cl)c(Cl)c1)[C@@H](C)C(=O)NC(C)(C)C)S(=O)(=O)c1ccccc1. The van der Waals surface area contributed by atoms with Crippen LogP contribution in [0.25, 0.3) is 0 Å². The molecule has 0 aliphatic rings. The number of halogens is 2. The Morgan fingerprint density at radius 2 is 1.59 bits per heavy atom. The summed E-state index contributed by atoms with van der Waals surface area (Å²) in [5.41, 5.74) is 0.270. The predicted octanol–water partition coefficient (Wildman–Crippen LogP) is 5.92. The summed E-state index contributed by atoms with van der Waals surface area (Å²) in [4.78, 5) is 28.6. The molecule has 11 heteroatoms. The molecule has 3 aromatic carbocycles. The fourth-order valence-corrected chi connectivity index (χ4v) is 5.83. The van der Waals surface area contributed by atoms with Crippen molar-refractivity contribution in [1.29, 1.82) is 0 Å². The molecule has 0 radical (unpaired) electrons. The van der Waals surface area contributed by atoms with E-state index in [1.54, 1.807) is 74.5 Å².